The van der Waals surface area contributed by atoms with Crippen LogP contribution in [-0.2, 0) is 14.3 Å². The molecule has 0 bridgehead atoms. The molecule has 1 amide bonds. The third kappa shape index (κ3) is 59.4. The van der Waals surface area contributed by atoms with Crippen LogP contribution in [0.1, 0.15) is 367 Å². The summed E-state index contributed by atoms with van der Waals surface area (Å²) in [7, 11) is 0. The van der Waals surface area contributed by atoms with Crippen LogP contribution in [0.3, 0.4) is 0 Å². The van der Waals surface area contributed by atoms with Crippen LogP contribution in [0, 0.1) is 0 Å². The van der Waals surface area contributed by atoms with Crippen molar-refractivity contribution in [1.82, 2.24) is 5.32 Å². The number of carbonyl (C=O) groups is 2. The van der Waals surface area contributed by atoms with E-state index in [0.29, 0.717) is 19.4 Å². The molecular weight excluding hydrogens is 899 g/mol. The van der Waals surface area contributed by atoms with Crippen LogP contribution in [0.15, 0.2) is 24.3 Å². The molecule has 0 fully saturated rings. The van der Waals surface area contributed by atoms with Gasteiger partial charge in [0, 0.05) is 12.8 Å². The molecule has 0 aromatic carbocycles. The van der Waals surface area contributed by atoms with E-state index in [1.165, 1.54) is 295 Å². The molecule has 0 aromatic heterocycles. The SMILES string of the molecule is CCCC/C=C\CCCCCCCC(=O)OCCCCCCCCCCCCCCCCCCCCCCCCCCCCCC(=O)NC(CO)C(O)/C=C/CCCCCCCCCCCCCCCCCC. The zero-order valence-electron chi connectivity index (χ0n) is 49.4. The Balaban J connectivity index is 3.38. The number of aliphatic hydroxyl groups is 2. The van der Waals surface area contributed by atoms with Crippen molar-refractivity contribution >= 4 is 11.9 Å². The van der Waals surface area contributed by atoms with Gasteiger partial charge in [-0.2, -0.15) is 0 Å². The van der Waals surface area contributed by atoms with E-state index in [1.54, 1.807) is 6.08 Å². The molecule has 73 heavy (non-hydrogen) atoms. The topological polar surface area (TPSA) is 95.9 Å². The summed E-state index contributed by atoms with van der Waals surface area (Å²) in [6.07, 6.45) is 78.1. The molecule has 0 rings (SSSR count). The van der Waals surface area contributed by atoms with Crippen molar-refractivity contribution in [2.45, 2.75) is 379 Å². The minimum absolute atomic E-state index is 0.00693. The van der Waals surface area contributed by atoms with E-state index in [4.69, 9.17) is 4.74 Å². The van der Waals surface area contributed by atoms with Crippen LogP contribution < -0.4 is 5.32 Å². The van der Waals surface area contributed by atoms with Gasteiger partial charge in [0.2, 0.25) is 5.91 Å². The number of esters is 1. The van der Waals surface area contributed by atoms with Gasteiger partial charge in [0.25, 0.3) is 0 Å². The fourth-order valence-corrected chi connectivity index (χ4v) is 10.4. The molecule has 3 N–H and O–H groups in total. The van der Waals surface area contributed by atoms with Crippen molar-refractivity contribution in [2.24, 2.45) is 0 Å². The Labute approximate surface area is 456 Å². The smallest absolute Gasteiger partial charge is 0.305 e. The van der Waals surface area contributed by atoms with Crippen LogP contribution >= 0.6 is 0 Å². The lowest BCUT2D eigenvalue weighted by Gasteiger charge is -2.20. The van der Waals surface area contributed by atoms with Crippen molar-refractivity contribution in [3.63, 3.8) is 0 Å². The molecule has 0 radical (unpaired) electrons. The van der Waals surface area contributed by atoms with Gasteiger partial charge in [0.1, 0.15) is 0 Å². The summed E-state index contributed by atoms with van der Waals surface area (Å²) in [4.78, 5) is 24.5. The number of hydrogen-bond donors (Lipinski definition) is 3. The number of rotatable bonds is 62. The lowest BCUT2D eigenvalue weighted by molar-refractivity contribution is -0.143. The number of carbonyl (C=O) groups excluding carboxylic acids is 2. The maximum Gasteiger partial charge on any atom is 0.305 e. The molecule has 0 aliphatic carbocycles. The van der Waals surface area contributed by atoms with E-state index in [9.17, 15) is 19.8 Å². The molecule has 0 saturated heterocycles. The van der Waals surface area contributed by atoms with Gasteiger partial charge >= 0.3 is 5.97 Å². The molecule has 2 atom stereocenters. The number of ether oxygens (including phenoxy) is 1. The largest absolute Gasteiger partial charge is 0.466 e. The van der Waals surface area contributed by atoms with E-state index in [1.807, 2.05) is 6.08 Å². The van der Waals surface area contributed by atoms with Crippen molar-refractivity contribution in [3.8, 4) is 0 Å². The quantitative estimate of drug-likeness (QED) is 0.0320. The van der Waals surface area contributed by atoms with E-state index in [0.717, 1.165) is 44.9 Å². The van der Waals surface area contributed by atoms with E-state index >= 15 is 0 Å². The summed E-state index contributed by atoms with van der Waals surface area (Å²) in [6.45, 7) is 4.90. The highest BCUT2D eigenvalue weighted by molar-refractivity contribution is 5.76. The van der Waals surface area contributed by atoms with E-state index in [-0.39, 0.29) is 18.5 Å². The minimum atomic E-state index is -0.843. The van der Waals surface area contributed by atoms with Gasteiger partial charge in [-0.3, -0.25) is 9.59 Å². The van der Waals surface area contributed by atoms with Crippen molar-refractivity contribution in [2.75, 3.05) is 13.2 Å². The van der Waals surface area contributed by atoms with Crippen LogP contribution in [0.4, 0.5) is 0 Å². The number of nitrogens with one attached hydrogen (secondary N) is 1. The maximum atomic E-state index is 12.5. The maximum absolute atomic E-state index is 12.5. The zero-order valence-corrected chi connectivity index (χ0v) is 49.4. The Kier molecular flexibility index (Phi) is 61.4. The first-order valence-corrected chi connectivity index (χ1v) is 33.1. The third-order valence-electron chi connectivity index (χ3n) is 15.5. The number of unbranched alkanes of at least 4 members (excludes halogenated alkanes) is 49. The van der Waals surface area contributed by atoms with Crippen LogP contribution in [0.5, 0.6) is 0 Å². The summed E-state index contributed by atoms with van der Waals surface area (Å²) >= 11 is 0. The molecule has 0 saturated carbocycles. The normalized spacial score (nSPS) is 12.7. The summed E-state index contributed by atoms with van der Waals surface area (Å²) in [5, 5.41) is 23.2. The molecule has 0 aliphatic heterocycles. The van der Waals surface area contributed by atoms with Crippen molar-refractivity contribution < 1.29 is 24.5 Å². The summed E-state index contributed by atoms with van der Waals surface area (Å²) in [5.74, 6) is -0.0553. The zero-order chi connectivity index (χ0) is 52.9. The Morgan fingerprint density at radius 3 is 1.01 bits per heavy atom. The first-order chi connectivity index (χ1) is 36.0. The first kappa shape index (κ1) is 71.3. The molecule has 0 aliphatic rings. The van der Waals surface area contributed by atoms with Crippen LogP contribution in [0.2, 0.25) is 0 Å². The van der Waals surface area contributed by atoms with Gasteiger partial charge in [0.05, 0.1) is 25.4 Å². The highest BCUT2D eigenvalue weighted by Gasteiger charge is 2.18. The van der Waals surface area contributed by atoms with E-state index in [2.05, 4.69) is 31.3 Å². The van der Waals surface area contributed by atoms with Gasteiger partial charge in [0.15, 0.2) is 0 Å². The molecule has 2 unspecified atom stereocenters. The van der Waals surface area contributed by atoms with Gasteiger partial charge in [-0.05, 0) is 51.4 Å². The van der Waals surface area contributed by atoms with E-state index < -0.39 is 12.1 Å². The number of allylic oxidation sites excluding steroid dienone is 3. The Bertz CT molecular complexity index is 1140. The minimum Gasteiger partial charge on any atom is -0.466 e. The monoisotopic (exact) mass is 1030 g/mol. The van der Waals surface area contributed by atoms with Crippen LogP contribution in [-0.4, -0.2) is 47.4 Å². The second kappa shape index (κ2) is 62.9. The summed E-state index contributed by atoms with van der Waals surface area (Å²) in [5.41, 5.74) is 0. The Hall–Kier alpha value is -1.66. The van der Waals surface area contributed by atoms with Gasteiger partial charge in [-0.1, -0.05) is 327 Å². The second-order valence-corrected chi connectivity index (χ2v) is 22.8. The lowest BCUT2D eigenvalue weighted by atomic mass is 10.0. The highest BCUT2D eigenvalue weighted by Crippen LogP contribution is 2.18. The van der Waals surface area contributed by atoms with Crippen molar-refractivity contribution in [3.05, 3.63) is 24.3 Å². The number of amides is 1. The molecular formula is C67H129NO5. The highest BCUT2D eigenvalue weighted by atomic mass is 16.5. The number of hydrogen-bond acceptors (Lipinski definition) is 5. The molecule has 432 valence electrons. The fourth-order valence-electron chi connectivity index (χ4n) is 10.4. The predicted molar refractivity (Wildman–Crippen MR) is 320 cm³/mol. The lowest BCUT2D eigenvalue weighted by Crippen LogP contribution is -2.45. The van der Waals surface area contributed by atoms with Crippen molar-refractivity contribution in [1.29, 1.82) is 0 Å². The predicted octanol–water partition coefficient (Wildman–Crippen LogP) is 21.0. The Morgan fingerprint density at radius 2 is 0.658 bits per heavy atom. The fraction of sp³-hybridized carbons (Fsp3) is 0.910. The molecule has 6 nitrogen and oxygen atoms in total. The summed E-state index contributed by atoms with van der Waals surface area (Å²) in [6, 6.07) is -0.626. The average Bonchev–Trinajstić information content (AvgIpc) is 3.39. The molecule has 0 spiro atoms. The molecule has 6 heteroatoms. The molecule has 0 aromatic rings. The number of aliphatic hydroxyl groups excluding tert-OH is 2. The van der Waals surface area contributed by atoms with Gasteiger partial charge in [-0.15, -0.1) is 0 Å². The third-order valence-corrected chi connectivity index (χ3v) is 15.5. The van der Waals surface area contributed by atoms with Gasteiger partial charge in [-0.25, -0.2) is 0 Å². The summed E-state index contributed by atoms with van der Waals surface area (Å²) < 4.78 is 5.46. The Morgan fingerprint density at radius 1 is 0.370 bits per heavy atom. The first-order valence-electron chi connectivity index (χ1n) is 33.1. The van der Waals surface area contributed by atoms with Crippen LogP contribution in [0.25, 0.3) is 0 Å². The standard InChI is InChI=1S/C67H129NO5/c1-3-5-7-9-11-13-15-16-17-18-30-33-36-40-43-47-51-55-59-65(70)64(63-69)68-66(71)60-56-52-48-44-41-37-34-31-28-26-24-22-20-19-21-23-25-27-29-32-35-38-42-46-50-54-58-62-73-67(72)61-57-53-49-45-39-14-12-10-8-6-4-2/h10,12,55,59,64-65,69-70H,3-9,11,13-54,56-58,60-63H2,1-2H3,(H,68,71)/b12-10-,59-55+. The van der Waals surface area contributed by atoms with Gasteiger partial charge < -0.3 is 20.3 Å². The molecule has 0 heterocycles. The average molecular weight is 1030 g/mol. The second-order valence-electron chi connectivity index (χ2n) is 22.8.